The molecule has 0 atom stereocenters. The zero-order valence-corrected chi connectivity index (χ0v) is 10.9. The average Bonchev–Trinajstić information content (AvgIpc) is 3.10. The van der Waals surface area contributed by atoms with Crippen LogP contribution in [0.3, 0.4) is 0 Å². The highest BCUT2D eigenvalue weighted by molar-refractivity contribution is 6.09. The van der Waals surface area contributed by atoms with Gasteiger partial charge in [-0.3, -0.25) is 24.6 Å². The smallest absolute Gasteiger partial charge is 0.246 e. The summed E-state index contributed by atoms with van der Waals surface area (Å²) in [5, 5.41) is 8.53. The molecule has 0 aromatic carbocycles. The maximum absolute atomic E-state index is 12.4. The molecule has 2 fully saturated rings. The minimum atomic E-state index is -0.538. The van der Waals surface area contributed by atoms with E-state index in [-0.39, 0.29) is 30.7 Å². The van der Waals surface area contributed by atoms with Gasteiger partial charge in [0.05, 0.1) is 5.41 Å². The number of nitrogens with one attached hydrogen (secondary N) is 2. The summed E-state index contributed by atoms with van der Waals surface area (Å²) in [6.07, 6.45) is 4.93. The van der Waals surface area contributed by atoms with Gasteiger partial charge < -0.3 is 0 Å². The zero-order chi connectivity index (χ0) is 14.2. The fraction of sp³-hybridized carbons (Fsp3) is 0.583. The Labute approximate surface area is 114 Å². The fourth-order valence-electron chi connectivity index (χ4n) is 3.04. The van der Waals surface area contributed by atoms with E-state index in [9.17, 15) is 14.4 Å². The lowest BCUT2D eigenvalue weighted by Crippen LogP contribution is -2.40. The summed E-state index contributed by atoms with van der Waals surface area (Å²) in [6, 6.07) is 0. The van der Waals surface area contributed by atoms with Gasteiger partial charge in [-0.05, 0) is 12.8 Å². The van der Waals surface area contributed by atoms with Crippen molar-refractivity contribution < 1.29 is 14.4 Å². The number of carbonyl (C=O) groups excluding carboxylic acids is 3. The number of anilines is 1. The van der Waals surface area contributed by atoms with Gasteiger partial charge in [0.25, 0.3) is 0 Å². The Morgan fingerprint density at radius 1 is 1.40 bits per heavy atom. The number of nitrogens with zero attached hydrogens (tertiary/aromatic N) is 3. The average molecular weight is 277 g/mol. The Morgan fingerprint density at radius 3 is 2.80 bits per heavy atom. The number of hydrogen-bond acceptors (Lipinski definition) is 5. The quantitative estimate of drug-likeness (QED) is 0.760. The normalized spacial score (nSPS) is 20.9. The second kappa shape index (κ2) is 4.69. The highest BCUT2D eigenvalue weighted by Gasteiger charge is 2.52. The molecule has 1 aliphatic heterocycles. The van der Waals surface area contributed by atoms with E-state index >= 15 is 0 Å². The molecule has 2 heterocycles. The van der Waals surface area contributed by atoms with Crippen molar-refractivity contribution in [3.63, 3.8) is 0 Å². The largest absolute Gasteiger partial charge is 0.293 e. The number of aromatic nitrogens is 3. The monoisotopic (exact) mass is 277 g/mol. The molecule has 1 aliphatic carbocycles. The number of hydrogen-bond donors (Lipinski definition) is 2. The first-order valence-corrected chi connectivity index (χ1v) is 6.61. The fourth-order valence-corrected chi connectivity index (χ4v) is 3.04. The lowest BCUT2D eigenvalue weighted by atomic mass is 9.84. The Kier molecular flexibility index (Phi) is 3.00. The predicted molar refractivity (Wildman–Crippen MR) is 67.3 cm³/mol. The van der Waals surface area contributed by atoms with Gasteiger partial charge in [-0.2, -0.15) is 10.1 Å². The zero-order valence-electron chi connectivity index (χ0n) is 10.9. The van der Waals surface area contributed by atoms with Crippen molar-refractivity contribution in [2.75, 3.05) is 11.9 Å². The van der Waals surface area contributed by atoms with Gasteiger partial charge in [-0.25, -0.2) is 5.10 Å². The molecule has 1 aromatic heterocycles. The SMILES string of the molecule is O=C(CN1C(=O)CC2(CCCC2)C1=O)Nc1ncn[nH]1. The molecule has 1 saturated heterocycles. The summed E-state index contributed by atoms with van der Waals surface area (Å²) in [6.45, 7) is -0.264. The number of likely N-dealkylation sites (tertiary alicyclic amines) is 1. The van der Waals surface area contributed by atoms with E-state index in [4.69, 9.17) is 0 Å². The predicted octanol–water partition coefficient (Wildman–Crippen LogP) is 0.0625. The molecule has 2 aliphatic rings. The third-order valence-corrected chi connectivity index (χ3v) is 4.02. The van der Waals surface area contributed by atoms with E-state index in [1.165, 1.54) is 6.33 Å². The van der Waals surface area contributed by atoms with E-state index in [1.807, 2.05) is 0 Å². The number of carbonyl (C=O) groups is 3. The van der Waals surface area contributed by atoms with Gasteiger partial charge in [0.1, 0.15) is 12.9 Å². The summed E-state index contributed by atoms with van der Waals surface area (Å²) in [5.74, 6) is -0.722. The Morgan fingerprint density at radius 2 is 2.15 bits per heavy atom. The number of imide groups is 1. The van der Waals surface area contributed by atoms with Crippen LogP contribution in [0.25, 0.3) is 0 Å². The summed E-state index contributed by atoms with van der Waals surface area (Å²) in [4.78, 5) is 41.0. The standard InChI is InChI=1S/C12H15N5O3/c18-8(15-11-13-7-14-16-11)6-17-9(19)5-12(10(17)20)3-1-2-4-12/h7H,1-6H2,(H2,13,14,15,16,18). The van der Waals surface area contributed by atoms with Gasteiger partial charge in [0.15, 0.2) is 0 Å². The third kappa shape index (κ3) is 2.06. The summed E-state index contributed by atoms with van der Waals surface area (Å²) in [7, 11) is 0. The molecule has 106 valence electrons. The molecule has 0 unspecified atom stereocenters. The van der Waals surface area contributed by atoms with Gasteiger partial charge in [0, 0.05) is 6.42 Å². The van der Waals surface area contributed by atoms with Gasteiger partial charge >= 0.3 is 0 Å². The summed E-state index contributed by atoms with van der Waals surface area (Å²) < 4.78 is 0. The molecular weight excluding hydrogens is 262 g/mol. The van der Waals surface area contributed by atoms with Crippen LogP contribution in [0.1, 0.15) is 32.1 Å². The second-order valence-electron chi connectivity index (χ2n) is 5.33. The van der Waals surface area contributed by atoms with Gasteiger partial charge in [0.2, 0.25) is 23.7 Å². The molecule has 0 bridgehead atoms. The molecule has 8 heteroatoms. The van der Waals surface area contributed by atoms with Crippen LogP contribution in [0.4, 0.5) is 5.95 Å². The molecule has 1 spiro atoms. The van der Waals surface area contributed by atoms with Crippen molar-refractivity contribution in [2.45, 2.75) is 32.1 Å². The van der Waals surface area contributed by atoms with Crippen LogP contribution in [-0.2, 0) is 14.4 Å². The van der Waals surface area contributed by atoms with Crippen molar-refractivity contribution in [3.8, 4) is 0 Å². The first-order valence-electron chi connectivity index (χ1n) is 6.61. The van der Waals surface area contributed by atoms with Crippen LogP contribution in [0, 0.1) is 5.41 Å². The first kappa shape index (κ1) is 12.8. The van der Waals surface area contributed by atoms with Gasteiger partial charge in [-0.15, -0.1) is 0 Å². The topological polar surface area (TPSA) is 108 Å². The molecular formula is C12H15N5O3. The molecule has 1 saturated carbocycles. The van der Waals surface area contributed by atoms with Crippen LogP contribution in [-0.4, -0.2) is 44.3 Å². The maximum atomic E-state index is 12.4. The highest BCUT2D eigenvalue weighted by atomic mass is 16.2. The maximum Gasteiger partial charge on any atom is 0.246 e. The van der Waals surface area contributed by atoms with E-state index in [2.05, 4.69) is 20.5 Å². The van der Waals surface area contributed by atoms with E-state index in [1.54, 1.807) is 0 Å². The number of amides is 3. The van der Waals surface area contributed by atoms with Crippen LogP contribution < -0.4 is 5.32 Å². The van der Waals surface area contributed by atoms with Crippen LogP contribution in [0.15, 0.2) is 6.33 Å². The Bertz CT molecular complexity index is 547. The van der Waals surface area contributed by atoms with E-state index in [0.29, 0.717) is 0 Å². The highest BCUT2D eigenvalue weighted by Crippen LogP contribution is 2.46. The lowest BCUT2D eigenvalue weighted by Gasteiger charge is -2.20. The third-order valence-electron chi connectivity index (χ3n) is 4.02. The molecule has 2 N–H and O–H groups in total. The molecule has 3 rings (SSSR count). The molecule has 8 nitrogen and oxygen atoms in total. The van der Waals surface area contributed by atoms with E-state index in [0.717, 1.165) is 30.6 Å². The first-order chi connectivity index (χ1) is 9.61. The van der Waals surface area contributed by atoms with E-state index < -0.39 is 11.3 Å². The minimum Gasteiger partial charge on any atom is -0.293 e. The number of aromatic amines is 1. The second-order valence-corrected chi connectivity index (χ2v) is 5.33. The summed E-state index contributed by atoms with van der Waals surface area (Å²) in [5.41, 5.74) is -0.538. The lowest BCUT2D eigenvalue weighted by molar-refractivity contribution is -0.143. The number of rotatable bonds is 3. The van der Waals surface area contributed by atoms with Crippen molar-refractivity contribution in [1.82, 2.24) is 20.1 Å². The van der Waals surface area contributed by atoms with Crippen molar-refractivity contribution >= 4 is 23.7 Å². The van der Waals surface area contributed by atoms with Crippen LogP contribution in [0.2, 0.25) is 0 Å². The van der Waals surface area contributed by atoms with Crippen molar-refractivity contribution in [3.05, 3.63) is 6.33 Å². The Balaban J connectivity index is 1.66. The van der Waals surface area contributed by atoms with Crippen LogP contribution >= 0.6 is 0 Å². The molecule has 20 heavy (non-hydrogen) atoms. The summed E-state index contributed by atoms with van der Waals surface area (Å²) >= 11 is 0. The molecule has 1 aromatic rings. The van der Waals surface area contributed by atoms with Crippen molar-refractivity contribution in [1.29, 1.82) is 0 Å². The molecule has 3 amide bonds. The van der Waals surface area contributed by atoms with Crippen LogP contribution in [0.5, 0.6) is 0 Å². The molecule has 0 radical (unpaired) electrons. The van der Waals surface area contributed by atoms with Gasteiger partial charge in [-0.1, -0.05) is 12.8 Å². The minimum absolute atomic E-state index is 0.199. The Hall–Kier alpha value is -2.25. The van der Waals surface area contributed by atoms with Crippen molar-refractivity contribution in [2.24, 2.45) is 5.41 Å². The number of H-pyrrole nitrogens is 1.